The molecular weight excluding hydrogens is 282 g/mol. The van der Waals surface area contributed by atoms with Gasteiger partial charge in [-0.15, -0.1) is 11.6 Å². The van der Waals surface area contributed by atoms with E-state index in [1.807, 2.05) is 0 Å². The highest BCUT2D eigenvalue weighted by atomic mass is 35.5. The maximum Gasteiger partial charge on any atom is 0.123 e. The molecule has 17 heavy (non-hydrogen) atoms. The zero-order valence-corrected chi connectivity index (χ0v) is 11.0. The van der Waals surface area contributed by atoms with Crippen molar-refractivity contribution in [2.24, 2.45) is 0 Å². The largest absolute Gasteiger partial charge is 0.207 e. The fourth-order valence-electron chi connectivity index (χ4n) is 1.64. The molecule has 0 N–H and O–H groups in total. The average molecular weight is 290 g/mol. The lowest BCUT2D eigenvalue weighted by Crippen LogP contribution is -1.88. The van der Waals surface area contributed by atoms with Gasteiger partial charge in [-0.3, -0.25) is 0 Å². The van der Waals surface area contributed by atoms with Crippen LogP contribution >= 0.6 is 34.8 Å². The van der Waals surface area contributed by atoms with Crippen LogP contribution in [-0.4, -0.2) is 0 Å². The normalized spacial score (nSPS) is 10.6. The molecule has 0 fully saturated rings. The van der Waals surface area contributed by atoms with Crippen molar-refractivity contribution in [1.29, 1.82) is 0 Å². The molecule has 0 heterocycles. The highest BCUT2D eigenvalue weighted by Gasteiger charge is 2.08. The van der Waals surface area contributed by atoms with Gasteiger partial charge in [-0.2, -0.15) is 0 Å². The Balaban J connectivity index is 2.62. The highest BCUT2D eigenvalue weighted by molar-refractivity contribution is 6.35. The topological polar surface area (TPSA) is 0 Å². The van der Waals surface area contributed by atoms with E-state index in [4.69, 9.17) is 34.8 Å². The molecule has 4 heteroatoms. The summed E-state index contributed by atoms with van der Waals surface area (Å²) in [4.78, 5) is 0. The van der Waals surface area contributed by atoms with Crippen molar-refractivity contribution in [2.45, 2.75) is 5.88 Å². The fourth-order valence-corrected chi connectivity index (χ4v) is 2.40. The molecule has 0 nitrogen and oxygen atoms in total. The zero-order chi connectivity index (χ0) is 12.4. The summed E-state index contributed by atoms with van der Waals surface area (Å²) in [5.74, 6) is -0.00954. The van der Waals surface area contributed by atoms with Crippen molar-refractivity contribution in [3.63, 3.8) is 0 Å². The Morgan fingerprint density at radius 2 is 1.59 bits per heavy atom. The summed E-state index contributed by atoms with van der Waals surface area (Å²) >= 11 is 17.7. The van der Waals surface area contributed by atoms with Crippen LogP contribution in [0.5, 0.6) is 0 Å². The van der Waals surface area contributed by atoms with E-state index in [0.717, 1.165) is 11.1 Å². The van der Waals surface area contributed by atoms with Gasteiger partial charge in [0.2, 0.25) is 0 Å². The summed E-state index contributed by atoms with van der Waals surface area (Å²) in [7, 11) is 0. The molecule has 88 valence electrons. The molecule has 0 bridgehead atoms. The minimum absolute atomic E-state index is 0.305. The van der Waals surface area contributed by atoms with Gasteiger partial charge >= 0.3 is 0 Å². The van der Waals surface area contributed by atoms with Gasteiger partial charge in [0, 0.05) is 15.9 Å². The van der Waals surface area contributed by atoms with Crippen LogP contribution in [0, 0.1) is 5.82 Å². The number of benzene rings is 2. The van der Waals surface area contributed by atoms with Crippen LogP contribution in [0.15, 0.2) is 36.4 Å². The summed E-state index contributed by atoms with van der Waals surface area (Å²) in [6, 6.07) is 9.57. The van der Waals surface area contributed by atoms with Crippen molar-refractivity contribution in [3.8, 4) is 11.1 Å². The molecule has 2 aromatic rings. The maximum atomic E-state index is 13.3. The number of alkyl halides is 1. The first-order chi connectivity index (χ1) is 8.10. The lowest BCUT2D eigenvalue weighted by atomic mass is 10.0. The molecule has 0 radical (unpaired) electrons. The first-order valence-electron chi connectivity index (χ1n) is 4.91. The van der Waals surface area contributed by atoms with Crippen molar-refractivity contribution < 1.29 is 4.39 Å². The van der Waals surface area contributed by atoms with Gasteiger partial charge in [0.1, 0.15) is 5.82 Å². The standard InChI is InChI=1S/C13H8Cl3F/c14-7-8-1-2-12(17)6-13(8)9-3-10(15)5-11(16)4-9/h1-6H,7H2. The molecule has 0 aliphatic heterocycles. The average Bonchev–Trinajstić information content (AvgIpc) is 2.27. The van der Waals surface area contributed by atoms with Gasteiger partial charge in [0.05, 0.1) is 0 Å². The van der Waals surface area contributed by atoms with Gasteiger partial charge in [0.25, 0.3) is 0 Å². The third kappa shape index (κ3) is 2.92. The minimum atomic E-state index is -0.315. The van der Waals surface area contributed by atoms with Crippen LogP contribution in [0.2, 0.25) is 10.0 Å². The van der Waals surface area contributed by atoms with Crippen molar-refractivity contribution in [3.05, 3.63) is 57.8 Å². The summed E-state index contributed by atoms with van der Waals surface area (Å²) in [5.41, 5.74) is 2.31. The molecule has 0 saturated carbocycles. The van der Waals surface area contributed by atoms with E-state index in [9.17, 15) is 4.39 Å². The Hall–Kier alpha value is -0.760. The van der Waals surface area contributed by atoms with Crippen LogP contribution in [-0.2, 0) is 5.88 Å². The van der Waals surface area contributed by atoms with E-state index in [1.54, 1.807) is 24.3 Å². The highest BCUT2D eigenvalue weighted by Crippen LogP contribution is 2.30. The predicted molar refractivity (Wildman–Crippen MR) is 71.4 cm³/mol. The third-order valence-corrected chi connectivity index (χ3v) is 3.11. The molecule has 2 aromatic carbocycles. The van der Waals surface area contributed by atoms with Crippen molar-refractivity contribution in [1.82, 2.24) is 0 Å². The molecule has 2 rings (SSSR count). The summed E-state index contributed by atoms with van der Waals surface area (Å²) < 4.78 is 13.3. The van der Waals surface area contributed by atoms with E-state index >= 15 is 0 Å². The molecule has 0 atom stereocenters. The Morgan fingerprint density at radius 3 is 2.18 bits per heavy atom. The number of hydrogen-bond acceptors (Lipinski definition) is 0. The Bertz CT molecular complexity index is 532. The molecule has 0 saturated heterocycles. The van der Waals surface area contributed by atoms with Gasteiger partial charge in [-0.25, -0.2) is 4.39 Å². The van der Waals surface area contributed by atoms with E-state index in [2.05, 4.69) is 0 Å². The third-order valence-electron chi connectivity index (χ3n) is 2.39. The molecule has 0 aliphatic carbocycles. The summed E-state index contributed by atoms with van der Waals surface area (Å²) in [6.07, 6.45) is 0. The van der Waals surface area contributed by atoms with Crippen molar-refractivity contribution >= 4 is 34.8 Å². The van der Waals surface area contributed by atoms with Crippen molar-refractivity contribution in [2.75, 3.05) is 0 Å². The molecule has 0 amide bonds. The lowest BCUT2D eigenvalue weighted by molar-refractivity contribution is 0.628. The summed E-state index contributed by atoms with van der Waals surface area (Å²) in [5, 5.41) is 1.02. The number of halogens is 4. The molecule has 0 spiro atoms. The molecular formula is C13H8Cl3F. The van der Waals surface area contributed by atoms with Crippen LogP contribution < -0.4 is 0 Å². The monoisotopic (exact) mass is 288 g/mol. The zero-order valence-electron chi connectivity index (χ0n) is 8.68. The number of hydrogen-bond donors (Lipinski definition) is 0. The second-order valence-corrected chi connectivity index (χ2v) is 4.73. The van der Waals surface area contributed by atoms with E-state index in [1.165, 1.54) is 12.1 Å². The second-order valence-electron chi connectivity index (χ2n) is 3.59. The van der Waals surface area contributed by atoms with Gasteiger partial charge in [0.15, 0.2) is 0 Å². The Morgan fingerprint density at radius 1 is 0.941 bits per heavy atom. The van der Waals surface area contributed by atoms with Gasteiger partial charge in [-0.1, -0.05) is 29.3 Å². The fraction of sp³-hybridized carbons (Fsp3) is 0.0769. The smallest absolute Gasteiger partial charge is 0.123 e. The van der Waals surface area contributed by atoms with Gasteiger partial charge < -0.3 is 0 Å². The van der Waals surface area contributed by atoms with E-state index in [0.29, 0.717) is 21.5 Å². The maximum absolute atomic E-state index is 13.3. The van der Waals surface area contributed by atoms with Gasteiger partial charge in [-0.05, 0) is 47.0 Å². The molecule has 0 unspecified atom stereocenters. The Labute approximate surface area is 114 Å². The first kappa shape index (κ1) is 12.7. The SMILES string of the molecule is Fc1ccc(CCl)c(-c2cc(Cl)cc(Cl)c2)c1. The van der Waals surface area contributed by atoms with Crippen LogP contribution in [0.25, 0.3) is 11.1 Å². The van der Waals surface area contributed by atoms with Crippen LogP contribution in [0.1, 0.15) is 5.56 Å². The summed E-state index contributed by atoms with van der Waals surface area (Å²) in [6.45, 7) is 0. The quantitative estimate of drug-likeness (QED) is 0.637. The van der Waals surface area contributed by atoms with E-state index < -0.39 is 0 Å². The second kappa shape index (κ2) is 5.26. The van der Waals surface area contributed by atoms with Crippen LogP contribution in [0.3, 0.4) is 0 Å². The first-order valence-corrected chi connectivity index (χ1v) is 6.20. The van der Waals surface area contributed by atoms with E-state index in [-0.39, 0.29) is 5.82 Å². The predicted octanol–water partition coefficient (Wildman–Crippen LogP) is 5.54. The molecule has 0 aromatic heterocycles. The molecule has 0 aliphatic rings. The lowest BCUT2D eigenvalue weighted by Gasteiger charge is -2.08. The van der Waals surface area contributed by atoms with Crippen LogP contribution in [0.4, 0.5) is 4.39 Å². The Kier molecular flexibility index (Phi) is 3.93. The number of rotatable bonds is 2. The minimum Gasteiger partial charge on any atom is -0.207 e.